The lowest BCUT2D eigenvalue weighted by atomic mass is 9.92. The van der Waals surface area contributed by atoms with Gasteiger partial charge in [0.1, 0.15) is 16.2 Å². The Labute approximate surface area is 188 Å². The Balaban J connectivity index is 0.000000146. The van der Waals surface area contributed by atoms with Crippen LogP contribution in [0.2, 0.25) is 0 Å². The molecule has 2 saturated heterocycles. The van der Waals surface area contributed by atoms with Gasteiger partial charge < -0.3 is 19.5 Å². The maximum absolute atomic E-state index is 13.3. The van der Waals surface area contributed by atoms with Crippen molar-refractivity contribution in [3.8, 4) is 0 Å². The Bertz CT molecular complexity index is 1300. The number of hydrogen-bond acceptors (Lipinski definition) is 8. The van der Waals surface area contributed by atoms with E-state index in [9.17, 15) is 9.18 Å². The molecular weight excluding hydrogens is 429 g/mol. The molecule has 0 radical (unpaired) electrons. The highest BCUT2D eigenvalue weighted by Crippen LogP contribution is 2.35. The molecule has 2 atom stereocenters. The van der Waals surface area contributed by atoms with Crippen molar-refractivity contribution in [1.29, 1.82) is 0 Å². The molecule has 0 aliphatic carbocycles. The molecule has 6 heterocycles. The summed E-state index contributed by atoms with van der Waals surface area (Å²) < 4.78 is 15.0. The lowest BCUT2D eigenvalue weighted by Gasteiger charge is -2.44. The first kappa shape index (κ1) is 20.8. The minimum Gasteiger partial charge on any atom is -0.387 e. The molecule has 1 N–H and O–H groups in total. The van der Waals surface area contributed by atoms with E-state index in [0.717, 1.165) is 52.8 Å². The van der Waals surface area contributed by atoms with Gasteiger partial charge in [-0.25, -0.2) is 19.3 Å². The third-order valence-electron chi connectivity index (χ3n) is 5.99. The van der Waals surface area contributed by atoms with E-state index < -0.39 is 0 Å². The Kier molecular flexibility index (Phi) is 5.26. The fourth-order valence-electron chi connectivity index (χ4n) is 4.45. The average molecular weight is 454 g/mol. The van der Waals surface area contributed by atoms with Gasteiger partial charge >= 0.3 is 0 Å². The van der Waals surface area contributed by atoms with Crippen LogP contribution >= 0.6 is 11.3 Å². The van der Waals surface area contributed by atoms with Crippen LogP contribution in [0.1, 0.15) is 15.4 Å². The van der Waals surface area contributed by atoms with Crippen molar-refractivity contribution in [3.05, 3.63) is 47.1 Å². The second-order valence-electron chi connectivity index (χ2n) is 8.33. The number of likely N-dealkylation sites (tertiary alicyclic amines) is 1. The number of pyridine rings is 1. The zero-order valence-corrected chi connectivity index (χ0v) is 18.9. The van der Waals surface area contributed by atoms with Crippen molar-refractivity contribution < 1.29 is 9.18 Å². The highest BCUT2D eigenvalue weighted by Gasteiger charge is 2.45. The second kappa shape index (κ2) is 8.10. The molecule has 4 aromatic heterocycles. The van der Waals surface area contributed by atoms with Crippen molar-refractivity contribution in [1.82, 2.24) is 24.3 Å². The molecule has 4 aromatic rings. The molecule has 166 valence electrons. The van der Waals surface area contributed by atoms with Gasteiger partial charge in [-0.15, -0.1) is 11.3 Å². The van der Waals surface area contributed by atoms with E-state index in [1.165, 1.54) is 23.9 Å². The van der Waals surface area contributed by atoms with E-state index in [-0.39, 0.29) is 5.82 Å². The molecule has 2 aliphatic rings. The molecule has 0 amide bonds. The highest BCUT2D eigenvalue weighted by molar-refractivity contribution is 7.20. The molecule has 2 unspecified atom stereocenters. The van der Waals surface area contributed by atoms with Crippen molar-refractivity contribution in [2.75, 3.05) is 43.9 Å². The summed E-state index contributed by atoms with van der Waals surface area (Å²) in [5.41, 5.74) is 2.74. The second-order valence-corrected chi connectivity index (χ2v) is 9.39. The number of nitrogens with one attached hydrogen (secondary N) is 1. The van der Waals surface area contributed by atoms with Crippen LogP contribution in [0.5, 0.6) is 0 Å². The van der Waals surface area contributed by atoms with Gasteiger partial charge in [0.25, 0.3) is 0 Å². The Morgan fingerprint density at radius 3 is 2.81 bits per heavy atom. The summed E-state index contributed by atoms with van der Waals surface area (Å²) in [6.45, 7) is 5.20. The van der Waals surface area contributed by atoms with Crippen LogP contribution in [0.3, 0.4) is 0 Å². The molecule has 8 nitrogen and oxygen atoms in total. The van der Waals surface area contributed by atoms with Crippen molar-refractivity contribution in [3.63, 3.8) is 0 Å². The minimum atomic E-state index is -0.306. The smallest absolute Gasteiger partial charge is 0.173 e. The molecule has 2 fully saturated rings. The van der Waals surface area contributed by atoms with Crippen LogP contribution in [-0.2, 0) is 0 Å². The van der Waals surface area contributed by atoms with Gasteiger partial charge in [0.05, 0.1) is 22.5 Å². The fourth-order valence-corrected chi connectivity index (χ4v) is 5.24. The van der Waals surface area contributed by atoms with Crippen LogP contribution in [0.4, 0.5) is 15.9 Å². The monoisotopic (exact) mass is 453 g/mol. The predicted octanol–water partition coefficient (Wildman–Crippen LogP) is 3.08. The zero-order chi connectivity index (χ0) is 22.4. The summed E-state index contributed by atoms with van der Waals surface area (Å²) >= 11 is 1.41. The number of imidazole rings is 1. The quantitative estimate of drug-likeness (QED) is 0.478. The summed E-state index contributed by atoms with van der Waals surface area (Å²) in [7, 11) is 3.92. The van der Waals surface area contributed by atoms with E-state index in [2.05, 4.69) is 37.1 Å². The Hall–Kier alpha value is -3.11. The number of nitrogens with zero attached hydrogens (tertiary/aromatic N) is 6. The van der Waals surface area contributed by atoms with Crippen molar-refractivity contribution >= 4 is 45.1 Å². The summed E-state index contributed by atoms with van der Waals surface area (Å²) in [6.07, 6.45) is 6.29. The van der Waals surface area contributed by atoms with Crippen LogP contribution in [0.25, 0.3) is 16.0 Å². The van der Waals surface area contributed by atoms with Crippen LogP contribution in [-0.4, -0.2) is 70.3 Å². The number of hydrogen-bond donors (Lipinski definition) is 1. The zero-order valence-electron chi connectivity index (χ0n) is 18.1. The van der Waals surface area contributed by atoms with E-state index >= 15 is 0 Å². The maximum atomic E-state index is 13.3. The van der Waals surface area contributed by atoms with E-state index in [0.29, 0.717) is 16.6 Å². The van der Waals surface area contributed by atoms with Crippen LogP contribution in [0.15, 0.2) is 30.7 Å². The van der Waals surface area contributed by atoms with Gasteiger partial charge in [-0.05, 0) is 20.0 Å². The number of carbonyl (C=O) groups is 1. The van der Waals surface area contributed by atoms with Gasteiger partial charge in [0.2, 0.25) is 0 Å². The average Bonchev–Trinajstić information content (AvgIpc) is 3.44. The third kappa shape index (κ3) is 3.69. The molecule has 6 rings (SSSR count). The van der Waals surface area contributed by atoms with E-state index in [1.807, 2.05) is 13.1 Å². The summed E-state index contributed by atoms with van der Waals surface area (Å²) in [6, 6.07) is 3.82. The predicted molar refractivity (Wildman–Crippen MR) is 124 cm³/mol. The van der Waals surface area contributed by atoms with Crippen molar-refractivity contribution in [2.24, 2.45) is 5.92 Å². The molecule has 32 heavy (non-hydrogen) atoms. The van der Waals surface area contributed by atoms with Crippen molar-refractivity contribution in [2.45, 2.75) is 13.0 Å². The van der Waals surface area contributed by atoms with Crippen LogP contribution in [0, 0.1) is 18.7 Å². The number of aldehydes is 1. The maximum Gasteiger partial charge on any atom is 0.173 e. The standard InChI is InChI=1S/C13H14N4OS.C9H10FN3/c1-16-4-8-5-17(11(8)6-16)12-3-14-10-2-9(7-18)19-13(10)15-12;1-6-4-13-5-7(11-2)3-8(10)9(13)12-6/h2-3,7-8,11H,4-6H2,1H3;3-5,11H,1-2H3. The molecule has 0 saturated carbocycles. The number of fused-ring (bicyclic) bond motifs is 3. The fraction of sp³-hybridized carbons (Fsp3) is 0.364. The van der Waals surface area contributed by atoms with Gasteiger partial charge in [-0.3, -0.25) is 4.79 Å². The van der Waals surface area contributed by atoms with Gasteiger partial charge in [-0.1, -0.05) is 0 Å². The number of likely N-dealkylation sites (N-methyl/N-ethyl adjacent to an activating group) is 1. The summed E-state index contributed by atoms with van der Waals surface area (Å²) in [5, 5.41) is 2.88. The first-order valence-electron chi connectivity index (χ1n) is 10.4. The first-order chi connectivity index (χ1) is 15.4. The molecule has 0 spiro atoms. The van der Waals surface area contributed by atoms with E-state index in [1.54, 1.807) is 29.9 Å². The lowest BCUT2D eigenvalue weighted by Crippen LogP contribution is -2.56. The van der Waals surface area contributed by atoms with Gasteiger partial charge in [-0.2, -0.15) is 0 Å². The minimum absolute atomic E-state index is 0.306. The van der Waals surface area contributed by atoms with Gasteiger partial charge in [0.15, 0.2) is 17.8 Å². The van der Waals surface area contributed by atoms with Gasteiger partial charge in [0, 0.05) is 57.1 Å². The first-order valence-corrected chi connectivity index (χ1v) is 11.3. The number of carbonyl (C=O) groups excluding carboxylic acids is 1. The Morgan fingerprint density at radius 1 is 1.22 bits per heavy atom. The van der Waals surface area contributed by atoms with E-state index in [4.69, 9.17) is 0 Å². The molecule has 10 heteroatoms. The number of rotatable bonds is 3. The number of halogens is 1. The highest BCUT2D eigenvalue weighted by atomic mass is 32.1. The normalized spacial score (nSPS) is 20.1. The molecule has 0 bridgehead atoms. The van der Waals surface area contributed by atoms with Crippen LogP contribution < -0.4 is 10.2 Å². The number of aryl methyl sites for hydroxylation is 1. The third-order valence-corrected chi connectivity index (χ3v) is 6.94. The Morgan fingerprint density at radius 2 is 2.06 bits per heavy atom. The topological polar surface area (TPSA) is 78.7 Å². The molecular formula is C22H24FN7OS. The number of thiophene rings is 1. The summed E-state index contributed by atoms with van der Waals surface area (Å²) in [5.74, 6) is 1.42. The lowest BCUT2D eigenvalue weighted by molar-refractivity contribution is 0.112. The number of anilines is 2. The molecule has 2 aliphatic heterocycles. The summed E-state index contributed by atoms with van der Waals surface area (Å²) in [4.78, 5) is 30.2. The largest absolute Gasteiger partial charge is 0.387 e. The molecule has 0 aromatic carbocycles. The SMILES string of the molecule is CN1CC2CN(c3cnc4cc(C=O)sc4n3)C2C1.CNc1cc(F)c2nc(C)cn2c1. The number of aromatic nitrogens is 4.